The van der Waals surface area contributed by atoms with Crippen LogP contribution in [-0.4, -0.2) is 34.4 Å². The second-order valence-corrected chi connectivity index (χ2v) is 9.42. The fourth-order valence-corrected chi connectivity index (χ4v) is 5.40. The molecule has 1 fully saturated rings. The van der Waals surface area contributed by atoms with Crippen molar-refractivity contribution in [3.8, 4) is 0 Å². The number of nitrogens with one attached hydrogen (secondary N) is 1. The summed E-state index contributed by atoms with van der Waals surface area (Å²) >= 11 is 0. The smallest absolute Gasteiger partial charge is 0.229 e. The number of hydrogen-bond acceptors (Lipinski definition) is 4. The third-order valence-corrected chi connectivity index (χ3v) is 7.35. The molecular formula is C13H18FNO4S2. The molecule has 1 unspecified atom stereocenters. The number of rotatable bonds is 4. The van der Waals surface area contributed by atoms with Gasteiger partial charge in [0.15, 0.2) is 9.84 Å². The summed E-state index contributed by atoms with van der Waals surface area (Å²) in [4.78, 5) is -0.0605. The third kappa shape index (κ3) is 3.81. The minimum absolute atomic E-state index is 0.0605. The molecule has 0 bridgehead atoms. The highest BCUT2D eigenvalue weighted by molar-refractivity contribution is 7.92. The summed E-state index contributed by atoms with van der Waals surface area (Å²) in [6.45, 7) is 1.33. The molecule has 1 aliphatic rings. The predicted molar refractivity (Wildman–Crippen MR) is 77.8 cm³/mol. The first kappa shape index (κ1) is 16.4. The summed E-state index contributed by atoms with van der Waals surface area (Å²) < 4.78 is 63.4. The zero-order valence-electron chi connectivity index (χ0n) is 11.7. The minimum atomic E-state index is -3.83. The Labute approximate surface area is 124 Å². The van der Waals surface area contributed by atoms with E-state index in [4.69, 9.17) is 0 Å². The summed E-state index contributed by atoms with van der Waals surface area (Å²) in [6, 6.07) is 3.48. The van der Waals surface area contributed by atoms with Gasteiger partial charge in [0.1, 0.15) is 5.82 Å². The molecule has 1 aromatic carbocycles. The van der Waals surface area contributed by atoms with Crippen molar-refractivity contribution in [3.05, 3.63) is 29.6 Å². The van der Waals surface area contributed by atoms with Crippen LogP contribution in [0.1, 0.15) is 24.8 Å². The maximum Gasteiger partial charge on any atom is 0.240 e. The molecular weight excluding hydrogens is 317 g/mol. The second-order valence-electron chi connectivity index (χ2n) is 5.25. The summed E-state index contributed by atoms with van der Waals surface area (Å²) in [7, 11) is -7.06. The van der Waals surface area contributed by atoms with Gasteiger partial charge in [-0.3, -0.25) is 0 Å². The molecule has 1 saturated heterocycles. The van der Waals surface area contributed by atoms with Gasteiger partial charge < -0.3 is 0 Å². The first-order chi connectivity index (χ1) is 9.72. The Morgan fingerprint density at radius 3 is 2.67 bits per heavy atom. The van der Waals surface area contributed by atoms with Crippen molar-refractivity contribution in [1.29, 1.82) is 0 Å². The van der Waals surface area contributed by atoms with Crippen LogP contribution in [0.3, 0.4) is 0 Å². The fraction of sp³-hybridized carbons (Fsp3) is 0.538. The van der Waals surface area contributed by atoms with E-state index in [0.717, 1.165) is 12.5 Å². The van der Waals surface area contributed by atoms with Crippen molar-refractivity contribution in [2.45, 2.75) is 36.3 Å². The van der Waals surface area contributed by atoms with E-state index in [-0.39, 0.29) is 22.8 Å². The van der Waals surface area contributed by atoms with E-state index < -0.39 is 30.9 Å². The quantitative estimate of drug-likeness (QED) is 0.901. The topological polar surface area (TPSA) is 80.3 Å². The molecule has 0 spiro atoms. The van der Waals surface area contributed by atoms with E-state index in [0.29, 0.717) is 12.8 Å². The van der Waals surface area contributed by atoms with Gasteiger partial charge in [0.25, 0.3) is 0 Å². The molecule has 8 heteroatoms. The lowest BCUT2D eigenvalue weighted by Gasteiger charge is -2.22. The van der Waals surface area contributed by atoms with Gasteiger partial charge in [0.05, 0.1) is 15.9 Å². The van der Waals surface area contributed by atoms with Gasteiger partial charge in [-0.1, -0.05) is 6.42 Å². The predicted octanol–water partition coefficient (Wildman–Crippen LogP) is 1.38. The Kier molecular flexibility index (Phi) is 4.69. The number of halogens is 1. The zero-order valence-corrected chi connectivity index (χ0v) is 13.3. The third-order valence-electron chi connectivity index (χ3n) is 3.65. The highest BCUT2D eigenvalue weighted by Gasteiger charge is 2.30. The molecule has 1 aliphatic heterocycles. The second kappa shape index (κ2) is 6.02. The standard InChI is InChI=1S/C13H18FNO4S2/c1-10-8-11(5-6-13(10)14)21(18,19)15-9-12-4-2-3-7-20(12,16)17/h5-6,8,12,15H,2-4,7,9H2,1H3. The van der Waals surface area contributed by atoms with Gasteiger partial charge in [-0.25, -0.2) is 25.9 Å². The van der Waals surface area contributed by atoms with Crippen LogP contribution in [0.15, 0.2) is 23.1 Å². The number of hydrogen-bond donors (Lipinski definition) is 1. The van der Waals surface area contributed by atoms with Crippen molar-refractivity contribution in [3.63, 3.8) is 0 Å². The number of benzene rings is 1. The van der Waals surface area contributed by atoms with Crippen LogP contribution in [0.4, 0.5) is 4.39 Å². The van der Waals surface area contributed by atoms with Crippen LogP contribution >= 0.6 is 0 Å². The SMILES string of the molecule is Cc1cc(S(=O)(=O)NCC2CCCCS2(=O)=O)ccc1F. The van der Waals surface area contributed by atoms with Crippen LogP contribution in [0.2, 0.25) is 0 Å². The summed E-state index contributed by atoms with van der Waals surface area (Å²) in [5, 5.41) is -0.678. The monoisotopic (exact) mass is 335 g/mol. The molecule has 0 amide bonds. The van der Waals surface area contributed by atoms with Crippen LogP contribution in [0.25, 0.3) is 0 Å². The van der Waals surface area contributed by atoms with E-state index in [2.05, 4.69) is 4.72 Å². The summed E-state index contributed by atoms with van der Waals surface area (Å²) in [5.41, 5.74) is 0.225. The van der Waals surface area contributed by atoms with E-state index in [1.165, 1.54) is 19.1 Å². The first-order valence-electron chi connectivity index (χ1n) is 6.70. The summed E-state index contributed by atoms with van der Waals surface area (Å²) in [6.07, 6.45) is 1.87. The molecule has 0 saturated carbocycles. The van der Waals surface area contributed by atoms with Crippen molar-refractivity contribution in [1.82, 2.24) is 4.72 Å². The Balaban J connectivity index is 2.12. The normalized spacial score (nSPS) is 22.1. The zero-order chi connectivity index (χ0) is 15.7. The molecule has 0 radical (unpaired) electrons. The van der Waals surface area contributed by atoms with E-state index in [9.17, 15) is 21.2 Å². The highest BCUT2D eigenvalue weighted by atomic mass is 32.2. The first-order valence-corrected chi connectivity index (χ1v) is 9.89. The van der Waals surface area contributed by atoms with Crippen LogP contribution in [0, 0.1) is 12.7 Å². The molecule has 1 N–H and O–H groups in total. The van der Waals surface area contributed by atoms with Crippen molar-refractivity contribution in [2.75, 3.05) is 12.3 Å². The lowest BCUT2D eigenvalue weighted by molar-refractivity contribution is 0.531. The van der Waals surface area contributed by atoms with Gasteiger partial charge in [-0.05, 0) is 43.5 Å². The molecule has 1 heterocycles. The van der Waals surface area contributed by atoms with E-state index >= 15 is 0 Å². The minimum Gasteiger partial charge on any atom is -0.229 e. The lowest BCUT2D eigenvalue weighted by atomic mass is 10.2. The number of aryl methyl sites for hydroxylation is 1. The van der Waals surface area contributed by atoms with Gasteiger partial charge in [-0.15, -0.1) is 0 Å². The van der Waals surface area contributed by atoms with Crippen molar-refractivity contribution in [2.24, 2.45) is 0 Å². The number of sulfonamides is 1. The van der Waals surface area contributed by atoms with Gasteiger partial charge in [-0.2, -0.15) is 0 Å². The highest BCUT2D eigenvalue weighted by Crippen LogP contribution is 2.20. The molecule has 5 nitrogen and oxygen atoms in total. The molecule has 0 aliphatic carbocycles. The Hall–Kier alpha value is -0.990. The Morgan fingerprint density at radius 1 is 1.33 bits per heavy atom. The van der Waals surface area contributed by atoms with Crippen LogP contribution < -0.4 is 4.72 Å². The van der Waals surface area contributed by atoms with E-state index in [1.807, 2.05) is 0 Å². The molecule has 21 heavy (non-hydrogen) atoms. The van der Waals surface area contributed by atoms with Crippen molar-refractivity contribution >= 4 is 19.9 Å². The Morgan fingerprint density at radius 2 is 2.05 bits per heavy atom. The Bertz CT molecular complexity index is 729. The van der Waals surface area contributed by atoms with Gasteiger partial charge in [0, 0.05) is 6.54 Å². The molecule has 1 aromatic rings. The van der Waals surface area contributed by atoms with Gasteiger partial charge in [0.2, 0.25) is 10.0 Å². The molecule has 118 valence electrons. The maximum atomic E-state index is 13.2. The average molecular weight is 335 g/mol. The van der Waals surface area contributed by atoms with Crippen LogP contribution in [0.5, 0.6) is 0 Å². The molecule has 2 rings (SSSR count). The maximum absolute atomic E-state index is 13.2. The molecule has 1 atom stereocenters. The molecule has 0 aromatic heterocycles. The fourth-order valence-electron chi connectivity index (χ4n) is 2.32. The lowest BCUT2D eigenvalue weighted by Crippen LogP contribution is -2.39. The van der Waals surface area contributed by atoms with E-state index in [1.54, 1.807) is 0 Å². The number of sulfone groups is 1. The summed E-state index contributed by atoms with van der Waals surface area (Å²) in [5.74, 6) is -0.376. The van der Waals surface area contributed by atoms with Crippen molar-refractivity contribution < 1.29 is 21.2 Å². The largest absolute Gasteiger partial charge is 0.240 e. The van der Waals surface area contributed by atoms with Gasteiger partial charge >= 0.3 is 0 Å². The average Bonchev–Trinajstić information content (AvgIpc) is 2.40. The van der Waals surface area contributed by atoms with Crippen LogP contribution in [-0.2, 0) is 19.9 Å².